The maximum atomic E-state index is 9.05. The van der Waals surface area contributed by atoms with Gasteiger partial charge in [-0.2, -0.15) is 0 Å². The van der Waals surface area contributed by atoms with Gasteiger partial charge in [0.1, 0.15) is 0 Å². The third kappa shape index (κ3) is 1.97. The van der Waals surface area contributed by atoms with Crippen LogP contribution in [0.25, 0.3) is 0 Å². The third-order valence-corrected chi connectivity index (χ3v) is 2.92. The van der Waals surface area contributed by atoms with Crippen LogP contribution in [0.3, 0.4) is 0 Å². The maximum absolute atomic E-state index is 9.05. The van der Waals surface area contributed by atoms with Gasteiger partial charge in [0.05, 0.1) is 19.3 Å². The third-order valence-electron chi connectivity index (χ3n) is 2.92. The molecule has 1 fully saturated rings. The number of rotatable bonds is 4. The molecule has 0 radical (unpaired) electrons. The van der Waals surface area contributed by atoms with Gasteiger partial charge in [-0.1, -0.05) is 37.3 Å². The summed E-state index contributed by atoms with van der Waals surface area (Å²) in [5.74, 6) is 0. The number of hydrogen-bond acceptors (Lipinski definition) is 2. The molecule has 1 N–H and O–H groups in total. The highest BCUT2D eigenvalue weighted by atomic mass is 16.5. The zero-order chi connectivity index (χ0) is 10.0. The molecule has 1 aliphatic carbocycles. The summed E-state index contributed by atoms with van der Waals surface area (Å²) in [6.45, 7) is 2.94. The fourth-order valence-electron chi connectivity index (χ4n) is 1.56. The van der Waals surface area contributed by atoms with E-state index in [-0.39, 0.29) is 18.1 Å². The van der Waals surface area contributed by atoms with Crippen LogP contribution in [0.5, 0.6) is 0 Å². The molecule has 2 atom stereocenters. The van der Waals surface area contributed by atoms with Crippen LogP contribution in [0.2, 0.25) is 0 Å². The van der Waals surface area contributed by atoms with Crippen molar-refractivity contribution in [1.29, 1.82) is 0 Å². The molecule has 1 aromatic rings. The van der Waals surface area contributed by atoms with Gasteiger partial charge in [-0.25, -0.2) is 0 Å². The molecule has 2 unspecified atom stereocenters. The Labute approximate surface area is 84.5 Å². The van der Waals surface area contributed by atoms with E-state index in [1.807, 2.05) is 18.2 Å². The first-order chi connectivity index (χ1) is 6.74. The Morgan fingerprint density at radius 2 is 2.14 bits per heavy atom. The zero-order valence-electron chi connectivity index (χ0n) is 8.44. The van der Waals surface area contributed by atoms with Crippen molar-refractivity contribution in [2.45, 2.75) is 26.1 Å². The Kier molecular flexibility index (Phi) is 2.57. The molecule has 2 heteroatoms. The molecular formula is C12H16O2. The summed E-state index contributed by atoms with van der Waals surface area (Å²) in [5.41, 5.74) is 1.22. The minimum absolute atomic E-state index is 0.0226. The standard InChI is InChI=1S/C12H16O2/c1-12(9-13)7-11(12)14-8-10-5-3-2-4-6-10/h2-6,11,13H,7-9H2,1H3. The van der Waals surface area contributed by atoms with Gasteiger partial charge in [-0.3, -0.25) is 0 Å². The lowest BCUT2D eigenvalue weighted by Crippen LogP contribution is -2.09. The van der Waals surface area contributed by atoms with E-state index >= 15 is 0 Å². The predicted molar refractivity (Wildman–Crippen MR) is 54.8 cm³/mol. The maximum Gasteiger partial charge on any atom is 0.0720 e. The summed E-state index contributed by atoms with van der Waals surface area (Å²) in [7, 11) is 0. The SMILES string of the molecule is CC1(CO)CC1OCc1ccccc1. The smallest absolute Gasteiger partial charge is 0.0720 e. The largest absolute Gasteiger partial charge is 0.396 e. The lowest BCUT2D eigenvalue weighted by atomic mass is 10.2. The molecule has 0 aliphatic heterocycles. The van der Waals surface area contributed by atoms with Crippen LogP contribution in [-0.4, -0.2) is 17.8 Å². The average Bonchev–Trinajstić information content (AvgIpc) is 2.90. The first-order valence-electron chi connectivity index (χ1n) is 5.01. The second-order valence-corrected chi connectivity index (χ2v) is 4.30. The van der Waals surface area contributed by atoms with E-state index < -0.39 is 0 Å². The summed E-state index contributed by atoms with van der Waals surface area (Å²) in [5, 5.41) is 9.05. The molecule has 0 saturated heterocycles. The second kappa shape index (κ2) is 3.71. The molecule has 2 rings (SSSR count). The first-order valence-corrected chi connectivity index (χ1v) is 5.01. The molecule has 2 nitrogen and oxygen atoms in total. The van der Waals surface area contributed by atoms with Crippen molar-refractivity contribution >= 4 is 0 Å². The summed E-state index contributed by atoms with van der Waals surface area (Å²) in [4.78, 5) is 0. The Hall–Kier alpha value is -0.860. The fraction of sp³-hybridized carbons (Fsp3) is 0.500. The van der Waals surface area contributed by atoms with Crippen LogP contribution in [0.4, 0.5) is 0 Å². The minimum atomic E-state index is 0.0226. The van der Waals surface area contributed by atoms with Gasteiger partial charge < -0.3 is 9.84 Å². The highest BCUT2D eigenvalue weighted by molar-refractivity contribution is 5.14. The quantitative estimate of drug-likeness (QED) is 0.790. The number of aliphatic hydroxyl groups excluding tert-OH is 1. The molecule has 1 saturated carbocycles. The van der Waals surface area contributed by atoms with E-state index in [4.69, 9.17) is 9.84 Å². The van der Waals surface area contributed by atoms with Crippen LogP contribution >= 0.6 is 0 Å². The molecule has 1 aromatic carbocycles. The topological polar surface area (TPSA) is 29.5 Å². The Balaban J connectivity index is 1.80. The minimum Gasteiger partial charge on any atom is -0.396 e. The van der Waals surface area contributed by atoms with Gasteiger partial charge in [0, 0.05) is 5.41 Å². The average molecular weight is 192 g/mol. The molecule has 1 aliphatic rings. The van der Waals surface area contributed by atoms with Crippen molar-refractivity contribution in [3.05, 3.63) is 35.9 Å². The monoisotopic (exact) mass is 192 g/mol. The molecule has 0 aromatic heterocycles. The second-order valence-electron chi connectivity index (χ2n) is 4.30. The van der Waals surface area contributed by atoms with Crippen LogP contribution in [-0.2, 0) is 11.3 Å². The molecule has 0 bridgehead atoms. The van der Waals surface area contributed by atoms with Gasteiger partial charge >= 0.3 is 0 Å². The molecular weight excluding hydrogens is 176 g/mol. The highest BCUT2D eigenvalue weighted by Crippen LogP contribution is 2.47. The van der Waals surface area contributed by atoms with Crippen molar-refractivity contribution < 1.29 is 9.84 Å². The zero-order valence-corrected chi connectivity index (χ0v) is 8.44. The van der Waals surface area contributed by atoms with E-state index in [2.05, 4.69) is 19.1 Å². The van der Waals surface area contributed by atoms with Crippen molar-refractivity contribution in [2.24, 2.45) is 5.41 Å². The van der Waals surface area contributed by atoms with E-state index in [9.17, 15) is 0 Å². The van der Waals surface area contributed by atoms with Crippen LogP contribution in [0, 0.1) is 5.41 Å². The number of aliphatic hydroxyl groups is 1. The van der Waals surface area contributed by atoms with Crippen molar-refractivity contribution in [1.82, 2.24) is 0 Å². The van der Waals surface area contributed by atoms with Crippen LogP contribution in [0.1, 0.15) is 18.9 Å². The predicted octanol–water partition coefficient (Wildman–Crippen LogP) is 1.97. The lowest BCUT2D eigenvalue weighted by molar-refractivity contribution is 0.0634. The first kappa shape index (κ1) is 9.69. The fourth-order valence-corrected chi connectivity index (χ4v) is 1.56. The Morgan fingerprint density at radius 3 is 2.71 bits per heavy atom. The van der Waals surface area contributed by atoms with Crippen molar-refractivity contribution in [3.63, 3.8) is 0 Å². The lowest BCUT2D eigenvalue weighted by Gasteiger charge is -2.07. The molecule has 0 amide bonds. The number of benzene rings is 1. The number of ether oxygens (including phenoxy) is 1. The molecule has 0 heterocycles. The van der Waals surface area contributed by atoms with Gasteiger partial charge in [-0.15, -0.1) is 0 Å². The van der Waals surface area contributed by atoms with Gasteiger partial charge in [0.25, 0.3) is 0 Å². The number of hydrogen-bond donors (Lipinski definition) is 1. The van der Waals surface area contributed by atoms with Crippen LogP contribution < -0.4 is 0 Å². The van der Waals surface area contributed by atoms with Gasteiger partial charge in [-0.05, 0) is 12.0 Å². The van der Waals surface area contributed by atoms with Gasteiger partial charge in [0.2, 0.25) is 0 Å². The van der Waals surface area contributed by atoms with Crippen LogP contribution in [0.15, 0.2) is 30.3 Å². The van der Waals surface area contributed by atoms with E-state index in [0.717, 1.165) is 6.42 Å². The summed E-state index contributed by atoms with van der Waals surface area (Å²) in [6, 6.07) is 10.1. The molecule has 14 heavy (non-hydrogen) atoms. The van der Waals surface area contributed by atoms with Gasteiger partial charge in [0.15, 0.2) is 0 Å². The summed E-state index contributed by atoms with van der Waals surface area (Å²) >= 11 is 0. The Morgan fingerprint density at radius 1 is 1.43 bits per heavy atom. The molecule has 76 valence electrons. The normalized spacial score (nSPS) is 30.3. The highest BCUT2D eigenvalue weighted by Gasteiger charge is 2.50. The van der Waals surface area contributed by atoms with E-state index in [1.165, 1.54) is 5.56 Å². The van der Waals surface area contributed by atoms with Crippen molar-refractivity contribution in [3.8, 4) is 0 Å². The van der Waals surface area contributed by atoms with E-state index in [0.29, 0.717) is 6.61 Å². The van der Waals surface area contributed by atoms with E-state index in [1.54, 1.807) is 0 Å². The Bertz CT molecular complexity index is 296. The summed E-state index contributed by atoms with van der Waals surface area (Å²) in [6.07, 6.45) is 1.23. The van der Waals surface area contributed by atoms with Crippen molar-refractivity contribution in [2.75, 3.05) is 6.61 Å². The summed E-state index contributed by atoms with van der Waals surface area (Å²) < 4.78 is 5.69. The molecule has 0 spiro atoms.